The number of nitrogens with zero attached hydrogens (tertiary/aromatic N) is 2. The van der Waals surface area contributed by atoms with Crippen LogP contribution in [0.3, 0.4) is 0 Å². The van der Waals surface area contributed by atoms with Crippen molar-refractivity contribution >= 4 is 17.3 Å². The van der Waals surface area contributed by atoms with Crippen molar-refractivity contribution in [3.05, 3.63) is 17.5 Å². The Morgan fingerprint density at radius 1 is 1.32 bits per heavy atom. The van der Waals surface area contributed by atoms with Gasteiger partial charge >= 0.3 is 6.18 Å². The van der Waals surface area contributed by atoms with Crippen molar-refractivity contribution < 1.29 is 17.9 Å². The smallest absolute Gasteiger partial charge is 0.382 e. The molecule has 1 fully saturated rings. The second-order valence-corrected chi connectivity index (χ2v) is 6.44. The summed E-state index contributed by atoms with van der Waals surface area (Å²) in [6, 6.07) is 1.19. The summed E-state index contributed by atoms with van der Waals surface area (Å²) in [5.41, 5.74) is -0.0993. The lowest BCUT2D eigenvalue weighted by atomic mass is 10.2. The van der Waals surface area contributed by atoms with Gasteiger partial charge in [-0.15, -0.1) is 0 Å². The van der Waals surface area contributed by atoms with Crippen molar-refractivity contribution in [3.8, 4) is 0 Å². The molecule has 2 N–H and O–H groups in total. The molecule has 0 aliphatic heterocycles. The molecule has 0 aromatic carbocycles. The minimum Gasteiger partial charge on any atom is -0.382 e. The lowest BCUT2D eigenvalue weighted by Gasteiger charge is -2.11. The fourth-order valence-electron chi connectivity index (χ4n) is 2.47. The van der Waals surface area contributed by atoms with Gasteiger partial charge in [-0.3, -0.25) is 4.68 Å². The Bertz CT molecular complexity index is 558. The summed E-state index contributed by atoms with van der Waals surface area (Å²) in [7, 11) is 0. The molecule has 1 aromatic heterocycles. The molecule has 2 rings (SSSR count). The summed E-state index contributed by atoms with van der Waals surface area (Å²) in [4.78, 5) is 0. The largest absolute Gasteiger partial charge is 0.435 e. The van der Waals surface area contributed by atoms with Crippen LogP contribution >= 0.6 is 12.2 Å². The molecule has 0 radical (unpaired) electrons. The van der Waals surface area contributed by atoms with Gasteiger partial charge in [0.05, 0.1) is 0 Å². The summed E-state index contributed by atoms with van der Waals surface area (Å²) in [6.07, 6.45) is -0.985. The molecule has 0 amide bonds. The number of rotatable bonds is 10. The maximum Gasteiger partial charge on any atom is 0.435 e. The maximum atomic E-state index is 12.8. The molecule has 0 bridgehead atoms. The molecule has 0 spiro atoms. The number of nitrogens with one attached hydrogen (secondary N) is 2. The standard InChI is InChI=1S/C16H25F3N4OS/c1-2-24-10-4-8-21-15(25)20-7-3-9-23-13(12-5-6-12)11-14(22-23)16(17,18)19/h11-12H,2-10H2,1H3,(H2,20,21,25). The van der Waals surface area contributed by atoms with Gasteiger partial charge in [-0.2, -0.15) is 18.3 Å². The second kappa shape index (κ2) is 9.38. The van der Waals surface area contributed by atoms with Gasteiger partial charge in [0.25, 0.3) is 0 Å². The average Bonchev–Trinajstić information content (AvgIpc) is 3.30. The third-order valence-corrected chi connectivity index (χ3v) is 4.17. The highest BCUT2D eigenvalue weighted by atomic mass is 32.1. The summed E-state index contributed by atoms with van der Waals surface area (Å²) >= 11 is 5.16. The molecule has 1 saturated carbocycles. The monoisotopic (exact) mass is 378 g/mol. The van der Waals surface area contributed by atoms with Crippen LogP contribution in [0.25, 0.3) is 0 Å². The Morgan fingerprint density at radius 2 is 2.00 bits per heavy atom. The SMILES string of the molecule is CCOCCCNC(=S)NCCCn1nc(C(F)(F)F)cc1C1CC1. The first-order chi connectivity index (χ1) is 11.9. The third-order valence-electron chi connectivity index (χ3n) is 3.88. The van der Waals surface area contributed by atoms with Crippen molar-refractivity contribution in [2.75, 3.05) is 26.3 Å². The topological polar surface area (TPSA) is 51.1 Å². The van der Waals surface area contributed by atoms with Crippen LogP contribution in [0.2, 0.25) is 0 Å². The summed E-state index contributed by atoms with van der Waals surface area (Å²) < 4.78 is 45.2. The third kappa shape index (κ3) is 6.81. The van der Waals surface area contributed by atoms with E-state index in [2.05, 4.69) is 15.7 Å². The number of hydrogen-bond donors (Lipinski definition) is 2. The summed E-state index contributed by atoms with van der Waals surface area (Å²) in [6.45, 7) is 5.10. The quantitative estimate of drug-likeness (QED) is 0.484. The van der Waals surface area contributed by atoms with Crippen LogP contribution in [0.4, 0.5) is 13.2 Å². The van der Waals surface area contributed by atoms with Crippen LogP contribution < -0.4 is 10.6 Å². The molecule has 1 aromatic rings. The molecule has 0 atom stereocenters. The number of ether oxygens (including phenoxy) is 1. The first-order valence-corrected chi connectivity index (χ1v) is 9.07. The van der Waals surface area contributed by atoms with Gasteiger partial charge in [0.2, 0.25) is 0 Å². The Hall–Kier alpha value is -1.35. The van der Waals surface area contributed by atoms with Gasteiger partial charge in [-0.25, -0.2) is 0 Å². The van der Waals surface area contributed by atoms with Crippen LogP contribution in [-0.2, 0) is 17.5 Å². The van der Waals surface area contributed by atoms with Crippen LogP contribution in [0.1, 0.15) is 49.9 Å². The zero-order valence-electron chi connectivity index (χ0n) is 14.4. The molecule has 1 aliphatic carbocycles. The predicted octanol–water partition coefficient (Wildman–Crippen LogP) is 3.06. The van der Waals surface area contributed by atoms with E-state index in [1.54, 1.807) is 0 Å². The minimum absolute atomic E-state index is 0.227. The first-order valence-electron chi connectivity index (χ1n) is 8.66. The van der Waals surface area contributed by atoms with Crippen molar-refractivity contribution in [2.24, 2.45) is 0 Å². The molecular weight excluding hydrogens is 353 g/mol. The first kappa shape index (κ1) is 20.0. The minimum atomic E-state index is -4.39. The fourth-order valence-corrected chi connectivity index (χ4v) is 2.67. The molecular formula is C16H25F3N4OS. The van der Waals surface area contributed by atoms with Gasteiger partial charge in [-0.05, 0) is 50.9 Å². The van der Waals surface area contributed by atoms with Gasteiger partial charge in [0.1, 0.15) is 0 Å². The molecule has 25 heavy (non-hydrogen) atoms. The highest BCUT2D eigenvalue weighted by Crippen LogP contribution is 2.42. The molecule has 142 valence electrons. The second-order valence-electron chi connectivity index (χ2n) is 6.04. The molecule has 9 heteroatoms. The van der Waals surface area contributed by atoms with E-state index in [0.717, 1.165) is 25.8 Å². The van der Waals surface area contributed by atoms with Crippen LogP contribution in [0.5, 0.6) is 0 Å². The molecule has 1 heterocycles. The Morgan fingerprint density at radius 3 is 2.60 bits per heavy atom. The highest BCUT2D eigenvalue weighted by molar-refractivity contribution is 7.80. The zero-order valence-corrected chi connectivity index (χ0v) is 15.2. The van der Waals surface area contributed by atoms with E-state index in [-0.39, 0.29) is 5.92 Å². The van der Waals surface area contributed by atoms with E-state index >= 15 is 0 Å². The van der Waals surface area contributed by atoms with Crippen molar-refractivity contribution in [1.82, 2.24) is 20.4 Å². The van der Waals surface area contributed by atoms with Gasteiger partial charge in [-0.1, -0.05) is 0 Å². The van der Waals surface area contributed by atoms with E-state index in [4.69, 9.17) is 17.0 Å². The Balaban J connectivity index is 1.69. The zero-order chi connectivity index (χ0) is 18.3. The number of alkyl halides is 3. The number of aryl methyl sites for hydroxylation is 1. The van der Waals surface area contributed by atoms with Gasteiger partial charge in [0, 0.05) is 44.5 Å². The average molecular weight is 378 g/mol. The predicted molar refractivity (Wildman–Crippen MR) is 93.5 cm³/mol. The van der Waals surface area contributed by atoms with E-state index in [1.807, 2.05) is 6.92 Å². The lowest BCUT2D eigenvalue weighted by molar-refractivity contribution is -0.141. The van der Waals surface area contributed by atoms with Crippen LogP contribution in [0.15, 0.2) is 6.07 Å². The fraction of sp³-hybridized carbons (Fsp3) is 0.750. The Labute approximate surface area is 151 Å². The van der Waals surface area contributed by atoms with E-state index in [0.29, 0.717) is 43.5 Å². The molecule has 0 unspecified atom stereocenters. The van der Waals surface area contributed by atoms with Crippen LogP contribution in [-0.4, -0.2) is 41.2 Å². The van der Waals surface area contributed by atoms with Crippen molar-refractivity contribution in [3.63, 3.8) is 0 Å². The number of hydrogen-bond acceptors (Lipinski definition) is 3. The summed E-state index contributed by atoms with van der Waals surface area (Å²) in [5.74, 6) is 0.227. The lowest BCUT2D eigenvalue weighted by Crippen LogP contribution is -2.36. The molecule has 1 aliphatic rings. The van der Waals surface area contributed by atoms with Crippen molar-refractivity contribution in [1.29, 1.82) is 0 Å². The summed E-state index contributed by atoms with van der Waals surface area (Å²) in [5, 5.41) is 10.4. The number of aromatic nitrogens is 2. The molecule has 0 saturated heterocycles. The maximum absolute atomic E-state index is 12.8. The van der Waals surface area contributed by atoms with E-state index < -0.39 is 11.9 Å². The highest BCUT2D eigenvalue weighted by Gasteiger charge is 2.37. The number of thiocarbonyl (C=S) groups is 1. The normalized spacial score (nSPS) is 14.6. The van der Waals surface area contributed by atoms with E-state index in [9.17, 15) is 13.2 Å². The van der Waals surface area contributed by atoms with Crippen molar-refractivity contribution in [2.45, 2.75) is 51.2 Å². The molecule has 5 nitrogen and oxygen atoms in total. The van der Waals surface area contributed by atoms with Gasteiger partial charge in [0.15, 0.2) is 10.8 Å². The van der Waals surface area contributed by atoms with Gasteiger partial charge < -0.3 is 15.4 Å². The number of halogens is 3. The Kier molecular flexibility index (Phi) is 7.49. The van der Waals surface area contributed by atoms with E-state index in [1.165, 1.54) is 10.7 Å². The van der Waals surface area contributed by atoms with Crippen LogP contribution in [0, 0.1) is 0 Å².